The molecule has 82 valence electrons. The molecule has 0 bridgehead atoms. The second-order valence-corrected chi connectivity index (χ2v) is 3.14. The minimum atomic E-state index is -0.648. The van der Waals surface area contributed by atoms with Crippen molar-refractivity contribution in [3.05, 3.63) is 39.7 Å². The van der Waals surface area contributed by atoms with Crippen LogP contribution in [0.5, 0.6) is 0 Å². The molecule has 6 heteroatoms. The Kier molecular flexibility index (Phi) is 3.70. The highest BCUT2D eigenvalue weighted by molar-refractivity contribution is 5.42. The van der Waals surface area contributed by atoms with E-state index >= 15 is 0 Å². The second-order valence-electron chi connectivity index (χ2n) is 3.14. The predicted octanol–water partition coefficient (Wildman–Crippen LogP) is 1.08. The van der Waals surface area contributed by atoms with Gasteiger partial charge in [0.1, 0.15) is 5.82 Å². The highest BCUT2D eigenvalue weighted by Gasteiger charge is 2.19. The predicted molar refractivity (Wildman–Crippen MR) is 53.7 cm³/mol. The van der Waals surface area contributed by atoms with Gasteiger partial charge in [-0.15, -0.1) is 0 Å². The summed E-state index contributed by atoms with van der Waals surface area (Å²) in [5.74, 6) is -0.648. The molecule has 0 aromatic heterocycles. The van der Waals surface area contributed by atoms with E-state index in [0.29, 0.717) is 18.5 Å². The lowest BCUT2D eigenvalue weighted by Crippen LogP contribution is -2.16. The Morgan fingerprint density at radius 3 is 2.73 bits per heavy atom. The second kappa shape index (κ2) is 4.81. The standard InChI is InChI=1S/C9H12FN3O2/c10-6-1-2-7(8(12)3-4-11)9(5-6)13(14)15/h1-2,5,8H,3-4,11-12H2/t8-/m1/s1. The van der Waals surface area contributed by atoms with E-state index in [1.165, 1.54) is 6.07 Å². The number of hydrogen-bond donors (Lipinski definition) is 2. The zero-order chi connectivity index (χ0) is 11.4. The van der Waals surface area contributed by atoms with Gasteiger partial charge in [-0.05, 0) is 25.1 Å². The molecule has 0 aliphatic carbocycles. The van der Waals surface area contributed by atoms with Crippen molar-refractivity contribution >= 4 is 5.69 Å². The van der Waals surface area contributed by atoms with Gasteiger partial charge in [-0.25, -0.2) is 4.39 Å². The molecule has 4 N–H and O–H groups in total. The van der Waals surface area contributed by atoms with Crippen molar-refractivity contribution in [2.45, 2.75) is 12.5 Å². The summed E-state index contributed by atoms with van der Waals surface area (Å²) in [7, 11) is 0. The Morgan fingerprint density at radius 1 is 1.53 bits per heavy atom. The third kappa shape index (κ3) is 2.71. The summed E-state index contributed by atoms with van der Waals surface area (Å²) in [5.41, 5.74) is 11.0. The maximum absolute atomic E-state index is 12.8. The average molecular weight is 213 g/mol. The van der Waals surface area contributed by atoms with Gasteiger partial charge in [-0.1, -0.05) is 0 Å². The minimum Gasteiger partial charge on any atom is -0.330 e. The van der Waals surface area contributed by atoms with Crippen molar-refractivity contribution in [3.8, 4) is 0 Å². The summed E-state index contributed by atoms with van der Waals surface area (Å²) in [6.07, 6.45) is 0.423. The van der Waals surface area contributed by atoms with Crippen LogP contribution in [0, 0.1) is 15.9 Å². The Bertz CT molecular complexity index is 370. The van der Waals surface area contributed by atoms with Crippen molar-refractivity contribution < 1.29 is 9.31 Å². The summed E-state index contributed by atoms with van der Waals surface area (Å²) >= 11 is 0. The summed E-state index contributed by atoms with van der Waals surface area (Å²) in [6, 6.07) is 2.81. The van der Waals surface area contributed by atoms with Gasteiger partial charge >= 0.3 is 0 Å². The quantitative estimate of drug-likeness (QED) is 0.577. The van der Waals surface area contributed by atoms with E-state index in [-0.39, 0.29) is 5.69 Å². The van der Waals surface area contributed by atoms with Crippen LogP contribution in [0.2, 0.25) is 0 Å². The van der Waals surface area contributed by atoms with Gasteiger partial charge < -0.3 is 11.5 Å². The van der Waals surface area contributed by atoms with Crippen molar-refractivity contribution in [2.24, 2.45) is 11.5 Å². The number of nitro groups is 1. The Labute approximate surface area is 86.0 Å². The van der Waals surface area contributed by atoms with Crippen LogP contribution >= 0.6 is 0 Å². The number of halogens is 1. The van der Waals surface area contributed by atoms with Crippen LogP contribution in [-0.2, 0) is 0 Å². The highest BCUT2D eigenvalue weighted by atomic mass is 19.1. The fourth-order valence-electron chi connectivity index (χ4n) is 1.32. The Morgan fingerprint density at radius 2 is 2.20 bits per heavy atom. The summed E-state index contributed by atoms with van der Waals surface area (Å²) in [5, 5.41) is 10.6. The monoisotopic (exact) mass is 213 g/mol. The first kappa shape index (κ1) is 11.5. The molecule has 5 nitrogen and oxygen atoms in total. The molecule has 1 aromatic carbocycles. The zero-order valence-electron chi connectivity index (χ0n) is 8.02. The number of benzene rings is 1. The molecule has 0 unspecified atom stereocenters. The molecule has 0 heterocycles. The lowest BCUT2D eigenvalue weighted by molar-refractivity contribution is -0.385. The van der Waals surface area contributed by atoms with Crippen LogP contribution in [0.15, 0.2) is 18.2 Å². The third-order valence-electron chi connectivity index (χ3n) is 2.07. The van der Waals surface area contributed by atoms with Crippen molar-refractivity contribution in [3.63, 3.8) is 0 Å². The van der Waals surface area contributed by atoms with Crippen molar-refractivity contribution in [1.82, 2.24) is 0 Å². The molecule has 15 heavy (non-hydrogen) atoms. The normalized spacial score (nSPS) is 12.5. The molecule has 0 aliphatic heterocycles. The number of nitrogens with two attached hydrogens (primary N) is 2. The van der Waals surface area contributed by atoms with Crippen LogP contribution in [0.3, 0.4) is 0 Å². The van der Waals surface area contributed by atoms with E-state index in [1.54, 1.807) is 0 Å². The molecular weight excluding hydrogens is 201 g/mol. The van der Waals surface area contributed by atoms with Crippen molar-refractivity contribution in [1.29, 1.82) is 0 Å². The smallest absolute Gasteiger partial charge is 0.277 e. The van der Waals surface area contributed by atoms with E-state index in [2.05, 4.69) is 0 Å². The van der Waals surface area contributed by atoms with E-state index in [0.717, 1.165) is 12.1 Å². The first-order valence-electron chi connectivity index (χ1n) is 4.45. The van der Waals surface area contributed by atoms with Gasteiger partial charge in [0.05, 0.1) is 11.0 Å². The van der Waals surface area contributed by atoms with Crippen molar-refractivity contribution in [2.75, 3.05) is 6.54 Å². The Balaban J connectivity index is 3.10. The lowest BCUT2D eigenvalue weighted by Gasteiger charge is -2.10. The molecule has 0 amide bonds. The SMILES string of the molecule is NCC[C@@H](N)c1ccc(F)cc1[N+](=O)[O-]. The van der Waals surface area contributed by atoms with Gasteiger partial charge in [0.15, 0.2) is 0 Å². The number of hydrogen-bond acceptors (Lipinski definition) is 4. The molecule has 0 fully saturated rings. The molecule has 0 aliphatic rings. The van der Waals surface area contributed by atoms with E-state index in [1.807, 2.05) is 0 Å². The summed E-state index contributed by atoms with van der Waals surface area (Å²) in [6.45, 7) is 0.329. The van der Waals surface area contributed by atoms with E-state index in [9.17, 15) is 14.5 Å². The minimum absolute atomic E-state index is 0.295. The highest BCUT2D eigenvalue weighted by Crippen LogP contribution is 2.25. The summed E-state index contributed by atoms with van der Waals surface area (Å²) < 4.78 is 12.8. The average Bonchev–Trinajstić information content (AvgIpc) is 2.17. The fraction of sp³-hybridized carbons (Fsp3) is 0.333. The molecule has 0 saturated carbocycles. The molecule has 1 rings (SSSR count). The molecule has 0 saturated heterocycles. The fourth-order valence-corrected chi connectivity index (χ4v) is 1.32. The van der Waals surface area contributed by atoms with Crippen LogP contribution in [0.4, 0.5) is 10.1 Å². The van der Waals surface area contributed by atoms with Crippen LogP contribution in [-0.4, -0.2) is 11.5 Å². The third-order valence-corrected chi connectivity index (χ3v) is 2.07. The summed E-state index contributed by atoms with van der Waals surface area (Å²) in [4.78, 5) is 9.99. The maximum Gasteiger partial charge on any atom is 0.277 e. The zero-order valence-corrected chi connectivity index (χ0v) is 8.02. The molecule has 1 atom stereocenters. The molecule has 1 aromatic rings. The molecule has 0 spiro atoms. The molecule has 0 radical (unpaired) electrons. The van der Waals surface area contributed by atoms with Crippen LogP contribution in [0.25, 0.3) is 0 Å². The first-order chi connectivity index (χ1) is 7.06. The van der Waals surface area contributed by atoms with Crippen LogP contribution in [0.1, 0.15) is 18.0 Å². The van der Waals surface area contributed by atoms with Gasteiger partial charge in [0.25, 0.3) is 5.69 Å². The van der Waals surface area contributed by atoms with Gasteiger partial charge in [0.2, 0.25) is 0 Å². The van der Waals surface area contributed by atoms with E-state index < -0.39 is 16.8 Å². The number of nitrogens with zero attached hydrogens (tertiary/aromatic N) is 1. The van der Waals surface area contributed by atoms with Gasteiger partial charge in [-0.2, -0.15) is 0 Å². The topological polar surface area (TPSA) is 95.2 Å². The number of rotatable bonds is 4. The maximum atomic E-state index is 12.8. The largest absolute Gasteiger partial charge is 0.330 e. The lowest BCUT2D eigenvalue weighted by atomic mass is 10.0. The van der Waals surface area contributed by atoms with Gasteiger partial charge in [-0.3, -0.25) is 10.1 Å². The number of nitro benzene ring substituents is 1. The first-order valence-corrected chi connectivity index (χ1v) is 4.45. The van der Waals surface area contributed by atoms with E-state index in [4.69, 9.17) is 11.5 Å². The van der Waals surface area contributed by atoms with Gasteiger partial charge in [0, 0.05) is 11.6 Å². The van der Waals surface area contributed by atoms with Crippen LogP contribution < -0.4 is 11.5 Å². The molecular formula is C9H12FN3O2. The Hall–Kier alpha value is -1.53.